The van der Waals surface area contributed by atoms with Crippen molar-refractivity contribution in [3.8, 4) is 28.3 Å². The summed E-state index contributed by atoms with van der Waals surface area (Å²) in [6, 6.07) is 34.2. The number of Topliss-reactive ketones (excluding diaryl/α,β-unsaturated/α-hetero) is 2. The van der Waals surface area contributed by atoms with Crippen molar-refractivity contribution in [2.75, 3.05) is 4.90 Å². The van der Waals surface area contributed by atoms with Gasteiger partial charge in [0.1, 0.15) is 29.2 Å². The summed E-state index contributed by atoms with van der Waals surface area (Å²) >= 11 is 0. The molecule has 2 bridgehead atoms. The molecule has 1 amide bonds. The largest absolute Gasteiger partial charge is 0.485 e. The molecule has 5 aromatic carbocycles. The van der Waals surface area contributed by atoms with Crippen molar-refractivity contribution >= 4 is 29.4 Å². The average Bonchev–Trinajstić information content (AvgIpc) is 2.97. The van der Waals surface area contributed by atoms with Crippen LogP contribution in [0.25, 0.3) is 22.9 Å². The minimum absolute atomic E-state index is 0.0232. The number of nitrogens with zero attached hydrogens (tertiary/aromatic N) is 2. The fourth-order valence-corrected chi connectivity index (χ4v) is 15.5. The molecule has 0 spiro atoms. The zero-order chi connectivity index (χ0) is 57.7. The number of ether oxygens (including phenoxy) is 2. The highest BCUT2D eigenvalue weighted by molar-refractivity contribution is 5.94. The molecule has 5 atom stereocenters. The van der Waals surface area contributed by atoms with Crippen molar-refractivity contribution in [3.63, 3.8) is 0 Å². The summed E-state index contributed by atoms with van der Waals surface area (Å²) in [6.45, 7) is 18.5. The predicted octanol–water partition coefficient (Wildman–Crippen LogP) is 17.3. The Balaban J connectivity index is 0.610. The van der Waals surface area contributed by atoms with Crippen LogP contribution in [0.5, 0.6) is 11.5 Å². The van der Waals surface area contributed by atoms with Gasteiger partial charge in [-0.1, -0.05) is 115 Å². The third-order valence-corrected chi connectivity index (χ3v) is 19.8. The lowest BCUT2D eigenvalue weighted by Crippen LogP contribution is -2.56. The predicted molar refractivity (Wildman–Crippen MR) is 317 cm³/mol. The number of halogens is 3. The molecule has 3 aliphatic heterocycles. The Morgan fingerprint density at radius 3 is 2.21 bits per heavy atom. The standard InChI is InChI=1S/C72H78F3N2O5/c1-68(2,3)49-25-30-55-56-31-33-63-57(65(56)69(4,5)59(55)41-49)42-58-64(82-63)34-36-76-61-32-23-45(38-60(61)70(6,7)66(58)76)37-52(79)19-12-10-9-11-18-51(78)26-20-44-21-27-53(28-22-44)81-67(80)77-62-40-47(46-15-13-17-50(39-46)72(73,74)75)24-29-54(62)48-16-14-35-71(77,8)43-48/h13,15,17,21-25,27-30,32,34,36,38-42,48,56,63,65H,9-12,14,16,18-20,26,31,33,35,37,43H2,1-8H3/q+1. The van der Waals surface area contributed by atoms with Gasteiger partial charge in [0.15, 0.2) is 6.20 Å². The lowest BCUT2D eigenvalue weighted by Gasteiger charge is -2.51. The Labute approximate surface area is 482 Å². The molecule has 2 fully saturated rings. The lowest BCUT2D eigenvalue weighted by molar-refractivity contribution is -0.600. The van der Waals surface area contributed by atoms with Gasteiger partial charge in [-0.25, -0.2) is 4.79 Å². The van der Waals surface area contributed by atoms with E-state index < -0.39 is 23.4 Å². The van der Waals surface area contributed by atoms with E-state index >= 15 is 0 Å². The quantitative estimate of drug-likeness (QED) is 0.0802. The molecule has 10 heteroatoms. The molecular formula is C72H78F3N2O5+. The second-order valence-electron chi connectivity index (χ2n) is 27.1. The van der Waals surface area contributed by atoms with E-state index in [0.717, 1.165) is 104 Å². The number of pyridine rings is 1. The van der Waals surface area contributed by atoms with Gasteiger partial charge in [0.25, 0.3) is 0 Å². The van der Waals surface area contributed by atoms with Crippen LogP contribution in [0.3, 0.4) is 0 Å². The van der Waals surface area contributed by atoms with Crippen molar-refractivity contribution in [1.82, 2.24) is 0 Å². The Morgan fingerprint density at radius 1 is 0.720 bits per heavy atom. The zero-order valence-electron chi connectivity index (χ0n) is 49.0. The highest BCUT2D eigenvalue weighted by Gasteiger charge is 2.55. The lowest BCUT2D eigenvalue weighted by atomic mass is 9.65. The van der Waals surface area contributed by atoms with Gasteiger partial charge in [-0.15, -0.1) is 0 Å². The van der Waals surface area contributed by atoms with E-state index in [1.165, 1.54) is 45.2 Å². The fourth-order valence-electron chi connectivity index (χ4n) is 15.5. The number of ketones is 2. The summed E-state index contributed by atoms with van der Waals surface area (Å²) < 4.78 is 56.3. The van der Waals surface area contributed by atoms with Crippen molar-refractivity contribution in [3.05, 3.63) is 177 Å². The van der Waals surface area contributed by atoms with Crippen LogP contribution >= 0.6 is 0 Å². The van der Waals surface area contributed by atoms with Crippen LogP contribution in [0.2, 0.25) is 0 Å². The maximum absolute atomic E-state index is 14.2. The number of unbranched alkanes of at least 4 members (excludes halogenated alkanes) is 3. The van der Waals surface area contributed by atoms with E-state index in [-0.39, 0.29) is 39.8 Å². The summed E-state index contributed by atoms with van der Waals surface area (Å²) in [6.07, 6.45) is 11.2. The third kappa shape index (κ3) is 10.1. The van der Waals surface area contributed by atoms with E-state index in [9.17, 15) is 27.6 Å². The second-order valence-corrected chi connectivity index (χ2v) is 27.1. The molecule has 6 aromatic rings. The maximum Gasteiger partial charge on any atom is 0.420 e. The number of amides is 1. The number of aromatic nitrogens is 1. The van der Waals surface area contributed by atoms with E-state index in [1.807, 2.05) is 30.3 Å². The van der Waals surface area contributed by atoms with E-state index in [2.05, 4.69) is 115 Å². The summed E-state index contributed by atoms with van der Waals surface area (Å²) in [5, 5.41) is 0. The molecular weight excluding hydrogens is 1030 g/mol. The first kappa shape index (κ1) is 55.7. The second kappa shape index (κ2) is 20.8. The first-order chi connectivity index (χ1) is 39.0. The summed E-state index contributed by atoms with van der Waals surface area (Å²) in [4.78, 5) is 42.4. The van der Waals surface area contributed by atoms with Crippen LogP contribution in [0.15, 0.2) is 121 Å². The Kier molecular flexibility index (Phi) is 14.1. The number of rotatable bonds is 14. The first-order valence-corrected chi connectivity index (χ1v) is 30.2. The molecule has 0 saturated heterocycles. The minimum Gasteiger partial charge on any atom is -0.485 e. The van der Waals surface area contributed by atoms with Gasteiger partial charge < -0.3 is 9.47 Å². The average molecular weight is 1110 g/mol. The maximum atomic E-state index is 14.2. The summed E-state index contributed by atoms with van der Waals surface area (Å²) in [5.74, 6) is 2.88. The van der Waals surface area contributed by atoms with Gasteiger partial charge in [0, 0.05) is 48.9 Å². The molecule has 7 nitrogen and oxygen atoms in total. The molecule has 82 heavy (non-hydrogen) atoms. The molecule has 4 heterocycles. The number of aryl methyl sites for hydroxylation is 1. The van der Waals surface area contributed by atoms with Gasteiger partial charge in [-0.05, 0) is 193 Å². The number of hydrogen-bond donors (Lipinski definition) is 0. The van der Waals surface area contributed by atoms with Gasteiger partial charge in [-0.3, -0.25) is 14.5 Å². The smallest absolute Gasteiger partial charge is 0.420 e. The van der Waals surface area contributed by atoms with Gasteiger partial charge in [0.2, 0.25) is 11.4 Å². The molecule has 0 radical (unpaired) electrons. The molecule has 0 N–H and O–H groups in total. The summed E-state index contributed by atoms with van der Waals surface area (Å²) in [7, 11) is 0. The fraction of sp³-hybridized carbons (Fsp3) is 0.444. The molecule has 1 aromatic heterocycles. The van der Waals surface area contributed by atoms with E-state index in [0.29, 0.717) is 66.5 Å². The van der Waals surface area contributed by atoms with Crippen LogP contribution in [-0.4, -0.2) is 29.3 Å². The SMILES string of the molecule is CC(C)(C)c1ccc2c(c1)C(C)(C)C1C3=Cc4c(cc[n+]5c4C(C)(C)c4cc(CC(=O)CCCCCCC(=O)CCc6ccc(OC(=O)N7c8cc(-c9cccc(C(F)(F)F)c9)ccc8C8CCCC7(C)C8)cc6)ccc4-5)OC3CCC21. The van der Waals surface area contributed by atoms with Gasteiger partial charge >= 0.3 is 12.3 Å². The van der Waals surface area contributed by atoms with Crippen molar-refractivity contribution in [1.29, 1.82) is 0 Å². The number of carbonyl (C=O) groups is 3. The number of anilines is 1. The van der Waals surface area contributed by atoms with Gasteiger partial charge in [0.05, 0.1) is 22.2 Å². The van der Waals surface area contributed by atoms with Crippen LogP contribution in [0.4, 0.5) is 23.7 Å². The van der Waals surface area contributed by atoms with Crippen LogP contribution < -0.4 is 18.9 Å². The van der Waals surface area contributed by atoms with Gasteiger partial charge in [-0.2, -0.15) is 17.7 Å². The van der Waals surface area contributed by atoms with Crippen LogP contribution in [0, 0.1) is 5.92 Å². The molecule has 5 unspecified atom stereocenters. The normalized spacial score (nSPS) is 22.3. The number of benzene rings is 5. The van der Waals surface area contributed by atoms with E-state index in [4.69, 9.17) is 9.47 Å². The van der Waals surface area contributed by atoms with Crippen molar-refractivity contribution in [2.45, 2.75) is 198 Å². The van der Waals surface area contributed by atoms with Crippen molar-refractivity contribution < 1.29 is 41.6 Å². The Morgan fingerprint density at radius 2 is 1.45 bits per heavy atom. The molecule has 3 aliphatic carbocycles. The summed E-state index contributed by atoms with van der Waals surface area (Å²) in [5.41, 5.74) is 13.9. The third-order valence-electron chi connectivity index (χ3n) is 19.8. The number of hydrogen-bond acceptors (Lipinski definition) is 5. The first-order valence-electron chi connectivity index (χ1n) is 30.2. The number of fused-ring (bicyclic) bond motifs is 14. The molecule has 2 saturated carbocycles. The molecule has 426 valence electrons. The topological polar surface area (TPSA) is 76.8 Å². The monoisotopic (exact) mass is 1110 g/mol. The number of carbonyl (C=O) groups excluding carboxylic acids is 3. The molecule has 12 rings (SSSR count). The number of alkyl halides is 3. The highest BCUT2D eigenvalue weighted by Crippen LogP contribution is 2.61. The Bertz CT molecular complexity index is 3560. The van der Waals surface area contributed by atoms with Crippen LogP contribution in [-0.2, 0) is 44.9 Å². The highest BCUT2D eigenvalue weighted by atomic mass is 19.4. The zero-order valence-corrected chi connectivity index (χ0v) is 49.0. The minimum atomic E-state index is -4.47. The van der Waals surface area contributed by atoms with Crippen molar-refractivity contribution in [2.24, 2.45) is 5.92 Å². The van der Waals surface area contributed by atoms with Crippen LogP contribution in [0.1, 0.15) is 206 Å². The van der Waals surface area contributed by atoms with E-state index in [1.54, 1.807) is 23.1 Å². The Hall–Kier alpha value is -6.81. The molecule has 6 aliphatic rings.